The first-order valence-electron chi connectivity index (χ1n) is 4.82. The fraction of sp³-hybridized carbons (Fsp3) is 0.200. The lowest BCUT2D eigenvalue weighted by Gasteiger charge is -2.08. The topological polar surface area (TPSA) is 68.1 Å². The molecule has 18 heavy (non-hydrogen) atoms. The van der Waals surface area contributed by atoms with Crippen molar-refractivity contribution in [1.29, 1.82) is 0 Å². The van der Waals surface area contributed by atoms with Gasteiger partial charge < -0.3 is 4.74 Å². The number of H-pyrrole nitrogens is 1. The van der Waals surface area contributed by atoms with E-state index in [9.17, 15) is 18.0 Å². The molecule has 0 unspecified atom stereocenters. The number of rotatable bonds is 3. The number of aromatic nitrogens is 2. The first-order chi connectivity index (χ1) is 8.42. The van der Waals surface area contributed by atoms with Gasteiger partial charge in [-0.25, -0.2) is 4.79 Å². The van der Waals surface area contributed by atoms with Crippen LogP contribution in [0.2, 0.25) is 0 Å². The maximum Gasteiger partial charge on any atom is 0.573 e. The summed E-state index contributed by atoms with van der Waals surface area (Å²) in [4.78, 5) is 13.0. The van der Waals surface area contributed by atoms with Crippen molar-refractivity contribution in [2.24, 2.45) is 0 Å². The van der Waals surface area contributed by atoms with Crippen molar-refractivity contribution in [3.05, 3.63) is 46.2 Å². The molecule has 0 aliphatic carbocycles. The fourth-order valence-corrected chi connectivity index (χ4v) is 1.34. The molecular formula is C10H7F3N2O3. The molecule has 0 saturated heterocycles. The van der Waals surface area contributed by atoms with Crippen LogP contribution in [0.3, 0.4) is 0 Å². The van der Waals surface area contributed by atoms with Gasteiger partial charge in [0.2, 0.25) is 0 Å². The monoisotopic (exact) mass is 260 g/mol. The minimum absolute atomic E-state index is 0.248. The third kappa shape index (κ3) is 3.37. The molecule has 2 aromatic rings. The zero-order chi connectivity index (χ0) is 13.2. The van der Waals surface area contributed by atoms with Crippen LogP contribution in [0.1, 0.15) is 11.4 Å². The summed E-state index contributed by atoms with van der Waals surface area (Å²) in [5.74, 6) is -0.689. The summed E-state index contributed by atoms with van der Waals surface area (Å²) in [6, 6.07) is 5.24. The van der Waals surface area contributed by atoms with Crippen LogP contribution >= 0.6 is 0 Å². The van der Waals surface area contributed by atoms with Crippen molar-refractivity contribution < 1.29 is 22.4 Å². The van der Waals surface area contributed by atoms with Crippen molar-refractivity contribution in [3.63, 3.8) is 0 Å². The minimum Gasteiger partial charge on any atom is -0.406 e. The molecule has 0 aliphatic heterocycles. The summed E-state index contributed by atoms with van der Waals surface area (Å²) in [5.41, 5.74) is 0.661. The maximum absolute atomic E-state index is 11.9. The molecule has 96 valence electrons. The number of halogens is 3. The van der Waals surface area contributed by atoms with E-state index in [2.05, 4.69) is 19.4 Å². The van der Waals surface area contributed by atoms with Crippen LogP contribution in [0, 0.1) is 0 Å². The van der Waals surface area contributed by atoms with Crippen molar-refractivity contribution >= 4 is 0 Å². The van der Waals surface area contributed by atoms with Gasteiger partial charge in [0, 0.05) is 6.42 Å². The predicted molar refractivity (Wildman–Crippen MR) is 53.1 cm³/mol. The first-order valence-corrected chi connectivity index (χ1v) is 4.82. The van der Waals surface area contributed by atoms with Crippen LogP contribution in [-0.4, -0.2) is 16.5 Å². The van der Waals surface area contributed by atoms with E-state index in [4.69, 9.17) is 0 Å². The highest BCUT2D eigenvalue weighted by atomic mass is 19.4. The van der Waals surface area contributed by atoms with Gasteiger partial charge in [-0.1, -0.05) is 17.3 Å². The summed E-state index contributed by atoms with van der Waals surface area (Å²) in [5, 5.41) is 3.44. The summed E-state index contributed by atoms with van der Waals surface area (Å²) in [7, 11) is 0. The van der Waals surface area contributed by atoms with E-state index in [0.29, 0.717) is 11.4 Å². The van der Waals surface area contributed by atoms with E-state index in [1.165, 1.54) is 24.3 Å². The van der Waals surface area contributed by atoms with Crippen LogP contribution in [0.4, 0.5) is 13.2 Å². The molecule has 1 heterocycles. The van der Waals surface area contributed by atoms with Gasteiger partial charge in [-0.15, -0.1) is 13.2 Å². The first kappa shape index (κ1) is 12.2. The van der Waals surface area contributed by atoms with Gasteiger partial charge in [-0.3, -0.25) is 9.51 Å². The number of nitrogens with zero attached hydrogens (tertiary/aromatic N) is 1. The molecule has 0 spiro atoms. The Balaban J connectivity index is 2.06. The van der Waals surface area contributed by atoms with E-state index in [1.54, 1.807) is 0 Å². The Morgan fingerprint density at radius 1 is 1.28 bits per heavy atom. The third-order valence-electron chi connectivity index (χ3n) is 2.01. The fourth-order valence-electron chi connectivity index (χ4n) is 1.34. The van der Waals surface area contributed by atoms with Gasteiger partial charge in [-0.05, 0) is 17.7 Å². The predicted octanol–water partition coefficient (Wildman–Crippen LogP) is 1.85. The number of aromatic amines is 1. The quantitative estimate of drug-likeness (QED) is 0.914. The highest BCUT2D eigenvalue weighted by molar-refractivity contribution is 5.28. The van der Waals surface area contributed by atoms with Crippen molar-refractivity contribution in [3.8, 4) is 5.75 Å². The van der Waals surface area contributed by atoms with Gasteiger partial charge in [0.15, 0.2) is 5.82 Å². The molecule has 1 aromatic heterocycles. The number of benzene rings is 1. The number of alkyl halides is 3. The summed E-state index contributed by atoms with van der Waals surface area (Å²) < 4.78 is 43.7. The van der Waals surface area contributed by atoms with Gasteiger partial charge >= 0.3 is 12.1 Å². The van der Waals surface area contributed by atoms with E-state index >= 15 is 0 Å². The molecule has 0 bridgehead atoms. The highest BCUT2D eigenvalue weighted by Gasteiger charge is 2.30. The van der Waals surface area contributed by atoms with Gasteiger partial charge in [0.05, 0.1) is 0 Å². The average Bonchev–Trinajstić information content (AvgIpc) is 2.65. The van der Waals surface area contributed by atoms with Crippen LogP contribution < -0.4 is 10.5 Å². The molecule has 1 N–H and O–H groups in total. The molecule has 2 rings (SSSR count). The van der Waals surface area contributed by atoms with E-state index in [0.717, 1.165) is 0 Å². The lowest BCUT2D eigenvalue weighted by Crippen LogP contribution is -2.17. The van der Waals surface area contributed by atoms with Gasteiger partial charge in [-0.2, -0.15) is 0 Å². The van der Waals surface area contributed by atoms with Crippen LogP contribution in [0.25, 0.3) is 0 Å². The summed E-state index contributed by atoms with van der Waals surface area (Å²) >= 11 is 0. The van der Waals surface area contributed by atoms with Crippen molar-refractivity contribution in [1.82, 2.24) is 10.1 Å². The molecule has 0 atom stereocenters. The van der Waals surface area contributed by atoms with Crippen LogP contribution in [0.5, 0.6) is 5.75 Å². The highest BCUT2D eigenvalue weighted by Crippen LogP contribution is 2.23. The smallest absolute Gasteiger partial charge is 0.406 e. The molecule has 5 nitrogen and oxygen atoms in total. The zero-order valence-corrected chi connectivity index (χ0v) is 8.82. The number of hydrogen-bond donors (Lipinski definition) is 1. The molecular weight excluding hydrogens is 253 g/mol. The standard InChI is InChI=1S/C10H7F3N2O3/c11-10(12,13)17-7-3-1-6(2-4-7)5-8-14-9(16)18-15-8/h1-4H,5H2,(H,14,15,16). The number of nitrogens with one attached hydrogen (secondary N) is 1. The minimum atomic E-state index is -4.71. The largest absolute Gasteiger partial charge is 0.573 e. The lowest BCUT2D eigenvalue weighted by molar-refractivity contribution is -0.274. The second-order valence-corrected chi connectivity index (χ2v) is 3.41. The summed E-state index contributed by atoms with van der Waals surface area (Å²) in [6.07, 6.45) is -4.46. The Kier molecular flexibility index (Phi) is 3.09. The molecule has 0 fully saturated rings. The zero-order valence-electron chi connectivity index (χ0n) is 8.82. The average molecular weight is 260 g/mol. The van der Waals surface area contributed by atoms with Crippen molar-refractivity contribution in [2.45, 2.75) is 12.8 Å². The molecule has 0 radical (unpaired) electrons. The Bertz CT molecular complexity index is 571. The molecule has 1 aromatic carbocycles. The van der Waals surface area contributed by atoms with Gasteiger partial charge in [0.25, 0.3) is 0 Å². The SMILES string of the molecule is O=c1[nH]c(Cc2ccc(OC(F)(F)F)cc2)no1. The van der Waals surface area contributed by atoms with E-state index in [-0.39, 0.29) is 12.2 Å². The van der Waals surface area contributed by atoms with Gasteiger partial charge in [0.1, 0.15) is 5.75 Å². The Morgan fingerprint density at radius 3 is 2.44 bits per heavy atom. The second-order valence-electron chi connectivity index (χ2n) is 3.41. The van der Waals surface area contributed by atoms with E-state index in [1.807, 2.05) is 0 Å². The molecule has 0 amide bonds. The molecule has 0 saturated carbocycles. The lowest BCUT2D eigenvalue weighted by atomic mass is 10.1. The number of hydrogen-bond acceptors (Lipinski definition) is 4. The Hall–Kier alpha value is -2.25. The Morgan fingerprint density at radius 2 is 1.94 bits per heavy atom. The molecule has 0 aliphatic rings. The normalized spacial score (nSPS) is 11.5. The van der Waals surface area contributed by atoms with E-state index < -0.39 is 12.1 Å². The van der Waals surface area contributed by atoms with Crippen LogP contribution in [-0.2, 0) is 6.42 Å². The summed E-state index contributed by atoms with van der Waals surface area (Å²) in [6.45, 7) is 0. The Labute approximate surface area is 98.2 Å². The maximum atomic E-state index is 11.9. The molecule has 8 heteroatoms. The number of ether oxygens (including phenoxy) is 1. The third-order valence-corrected chi connectivity index (χ3v) is 2.01. The van der Waals surface area contributed by atoms with Crippen LogP contribution in [0.15, 0.2) is 33.6 Å². The van der Waals surface area contributed by atoms with Crippen molar-refractivity contribution in [2.75, 3.05) is 0 Å². The second kappa shape index (κ2) is 4.55.